The van der Waals surface area contributed by atoms with E-state index in [2.05, 4.69) is 15.3 Å². The summed E-state index contributed by atoms with van der Waals surface area (Å²) in [5, 5.41) is 3.89. The number of rotatable bonds is 5. The van der Waals surface area contributed by atoms with Crippen molar-refractivity contribution in [2.24, 2.45) is 0 Å². The Labute approximate surface area is 160 Å². The fourth-order valence-corrected chi connectivity index (χ4v) is 3.11. The van der Waals surface area contributed by atoms with Crippen molar-refractivity contribution >= 4 is 34.0 Å². The molecule has 2 heterocycles. The van der Waals surface area contributed by atoms with Crippen LogP contribution in [0.2, 0.25) is 5.02 Å². The van der Waals surface area contributed by atoms with E-state index in [4.69, 9.17) is 25.8 Å². The fraction of sp³-hybridized carbons (Fsp3) is 0.263. The smallest absolute Gasteiger partial charge is 0.145 e. The fourth-order valence-electron chi connectivity index (χ4n) is 2.93. The van der Waals surface area contributed by atoms with Gasteiger partial charge in [0.25, 0.3) is 0 Å². The van der Waals surface area contributed by atoms with Gasteiger partial charge in [-0.2, -0.15) is 0 Å². The number of hydrogen-bond donors (Lipinski definition) is 1. The SMILES string of the molecule is COc1cc(OC2CCOC2)c2c(Nc3ccc(F)c(Cl)c3)ncnc2c1. The maximum atomic E-state index is 13.4. The number of nitrogens with one attached hydrogen (secondary N) is 1. The van der Waals surface area contributed by atoms with E-state index in [0.29, 0.717) is 47.1 Å². The van der Waals surface area contributed by atoms with Gasteiger partial charge in [-0.25, -0.2) is 14.4 Å². The molecule has 1 fully saturated rings. The van der Waals surface area contributed by atoms with Crippen LogP contribution in [0.4, 0.5) is 15.9 Å². The molecule has 3 aromatic rings. The van der Waals surface area contributed by atoms with Gasteiger partial charge in [0.1, 0.15) is 35.6 Å². The first-order valence-corrected chi connectivity index (χ1v) is 8.81. The molecule has 1 saturated heterocycles. The Kier molecular flexibility index (Phi) is 4.96. The van der Waals surface area contributed by atoms with Crippen molar-refractivity contribution in [3.05, 3.63) is 47.5 Å². The zero-order chi connectivity index (χ0) is 18.8. The first kappa shape index (κ1) is 17.8. The van der Waals surface area contributed by atoms with Gasteiger partial charge >= 0.3 is 0 Å². The minimum absolute atomic E-state index is 0.0274. The van der Waals surface area contributed by atoms with Crippen LogP contribution in [0, 0.1) is 5.82 Å². The van der Waals surface area contributed by atoms with Crippen LogP contribution < -0.4 is 14.8 Å². The van der Waals surface area contributed by atoms with Crippen molar-refractivity contribution in [2.45, 2.75) is 12.5 Å². The molecule has 1 unspecified atom stereocenters. The monoisotopic (exact) mass is 389 g/mol. The lowest BCUT2D eigenvalue weighted by Gasteiger charge is -2.17. The summed E-state index contributed by atoms with van der Waals surface area (Å²) in [5.74, 6) is 1.27. The molecule has 0 saturated carbocycles. The molecular weight excluding hydrogens is 373 g/mol. The third-order valence-corrected chi connectivity index (χ3v) is 4.56. The maximum absolute atomic E-state index is 13.4. The normalized spacial score (nSPS) is 16.5. The molecule has 0 aliphatic carbocycles. The third-order valence-electron chi connectivity index (χ3n) is 4.27. The highest BCUT2D eigenvalue weighted by Crippen LogP contribution is 2.36. The van der Waals surface area contributed by atoms with Crippen LogP contribution in [0.5, 0.6) is 11.5 Å². The molecule has 0 radical (unpaired) electrons. The van der Waals surface area contributed by atoms with E-state index in [-0.39, 0.29) is 11.1 Å². The second kappa shape index (κ2) is 7.54. The van der Waals surface area contributed by atoms with E-state index < -0.39 is 5.82 Å². The van der Waals surface area contributed by atoms with E-state index in [0.717, 1.165) is 6.42 Å². The molecule has 27 heavy (non-hydrogen) atoms. The number of benzene rings is 2. The predicted molar refractivity (Wildman–Crippen MR) is 101 cm³/mol. The average Bonchev–Trinajstić information content (AvgIpc) is 3.17. The molecule has 1 aliphatic rings. The van der Waals surface area contributed by atoms with Gasteiger partial charge in [0.15, 0.2) is 0 Å². The van der Waals surface area contributed by atoms with Gasteiger partial charge in [-0.3, -0.25) is 0 Å². The number of anilines is 2. The van der Waals surface area contributed by atoms with E-state index in [1.807, 2.05) is 0 Å². The molecule has 1 aliphatic heterocycles. The van der Waals surface area contributed by atoms with Gasteiger partial charge in [-0.15, -0.1) is 0 Å². The van der Waals surface area contributed by atoms with Crippen LogP contribution in [0.1, 0.15) is 6.42 Å². The Morgan fingerprint density at radius 1 is 1.26 bits per heavy atom. The summed E-state index contributed by atoms with van der Waals surface area (Å²) in [6, 6.07) is 7.98. The van der Waals surface area contributed by atoms with Crippen molar-refractivity contribution in [3.8, 4) is 11.5 Å². The summed E-state index contributed by atoms with van der Waals surface area (Å²) in [6.45, 7) is 1.20. The quantitative estimate of drug-likeness (QED) is 0.700. The number of fused-ring (bicyclic) bond motifs is 1. The number of methoxy groups -OCH3 is 1. The van der Waals surface area contributed by atoms with Crippen molar-refractivity contribution in [3.63, 3.8) is 0 Å². The van der Waals surface area contributed by atoms with Crippen LogP contribution in [-0.4, -0.2) is 36.4 Å². The van der Waals surface area contributed by atoms with E-state index in [1.165, 1.54) is 18.5 Å². The highest BCUT2D eigenvalue weighted by Gasteiger charge is 2.21. The van der Waals surface area contributed by atoms with Crippen molar-refractivity contribution in [1.29, 1.82) is 0 Å². The molecule has 1 aromatic heterocycles. The van der Waals surface area contributed by atoms with Crippen LogP contribution in [0.15, 0.2) is 36.7 Å². The van der Waals surface area contributed by atoms with Gasteiger partial charge in [0, 0.05) is 24.2 Å². The highest BCUT2D eigenvalue weighted by atomic mass is 35.5. The molecule has 4 rings (SSSR count). The van der Waals surface area contributed by atoms with Crippen molar-refractivity contribution in [1.82, 2.24) is 9.97 Å². The number of ether oxygens (including phenoxy) is 3. The van der Waals surface area contributed by atoms with E-state index in [9.17, 15) is 4.39 Å². The molecule has 1 atom stereocenters. The summed E-state index contributed by atoms with van der Waals surface area (Å²) in [4.78, 5) is 8.66. The number of halogens is 2. The molecular formula is C19H17ClFN3O3. The highest BCUT2D eigenvalue weighted by molar-refractivity contribution is 6.31. The molecule has 2 aromatic carbocycles. The number of aromatic nitrogens is 2. The van der Waals surface area contributed by atoms with Crippen LogP contribution >= 0.6 is 11.6 Å². The second-order valence-corrected chi connectivity index (χ2v) is 6.51. The van der Waals surface area contributed by atoms with Gasteiger partial charge in [-0.1, -0.05) is 11.6 Å². The maximum Gasteiger partial charge on any atom is 0.145 e. The summed E-state index contributed by atoms with van der Waals surface area (Å²) >= 11 is 5.88. The first-order valence-electron chi connectivity index (χ1n) is 8.43. The molecule has 0 bridgehead atoms. The Balaban J connectivity index is 1.78. The summed E-state index contributed by atoms with van der Waals surface area (Å²) in [5.41, 5.74) is 1.27. The summed E-state index contributed by atoms with van der Waals surface area (Å²) in [6.07, 6.45) is 2.20. The van der Waals surface area contributed by atoms with Crippen LogP contribution in [-0.2, 0) is 4.74 Å². The lowest BCUT2D eigenvalue weighted by molar-refractivity contribution is 0.142. The van der Waals surface area contributed by atoms with Gasteiger partial charge in [-0.05, 0) is 18.2 Å². The Bertz CT molecular complexity index is 980. The molecule has 8 heteroatoms. The minimum atomic E-state index is -0.482. The van der Waals surface area contributed by atoms with Crippen molar-refractivity contribution in [2.75, 3.05) is 25.6 Å². The predicted octanol–water partition coefficient (Wildman–Crippen LogP) is 4.34. The standard InChI is InChI=1S/C19H17ClFN3O3/c1-25-13-7-16-18(17(8-13)27-12-4-5-26-9-12)19(23-10-22-16)24-11-2-3-15(21)14(20)6-11/h2-3,6-8,10,12H,4-5,9H2,1H3,(H,22,23,24). The third kappa shape index (κ3) is 3.74. The van der Waals surface area contributed by atoms with Gasteiger partial charge in [0.2, 0.25) is 0 Å². The zero-order valence-electron chi connectivity index (χ0n) is 14.5. The lowest BCUT2D eigenvalue weighted by Crippen LogP contribution is -2.16. The van der Waals surface area contributed by atoms with Gasteiger partial charge in [0.05, 0.1) is 36.2 Å². The second-order valence-electron chi connectivity index (χ2n) is 6.10. The van der Waals surface area contributed by atoms with Gasteiger partial charge < -0.3 is 19.5 Å². The number of nitrogens with zero attached hydrogens (tertiary/aromatic N) is 2. The summed E-state index contributed by atoms with van der Waals surface area (Å²) in [7, 11) is 1.59. The Morgan fingerprint density at radius 3 is 2.89 bits per heavy atom. The average molecular weight is 390 g/mol. The minimum Gasteiger partial charge on any atom is -0.497 e. The van der Waals surface area contributed by atoms with Crippen LogP contribution in [0.3, 0.4) is 0 Å². The first-order chi connectivity index (χ1) is 13.1. The molecule has 0 amide bonds. The van der Waals surface area contributed by atoms with E-state index in [1.54, 1.807) is 25.3 Å². The molecule has 0 spiro atoms. The Hall–Kier alpha value is -2.64. The topological polar surface area (TPSA) is 65.5 Å². The molecule has 1 N–H and O–H groups in total. The lowest BCUT2D eigenvalue weighted by atomic mass is 10.2. The van der Waals surface area contributed by atoms with Crippen molar-refractivity contribution < 1.29 is 18.6 Å². The Morgan fingerprint density at radius 2 is 2.15 bits per heavy atom. The summed E-state index contributed by atoms with van der Waals surface area (Å²) < 4.78 is 30.3. The van der Waals surface area contributed by atoms with E-state index >= 15 is 0 Å². The largest absolute Gasteiger partial charge is 0.497 e. The zero-order valence-corrected chi connectivity index (χ0v) is 15.3. The number of hydrogen-bond acceptors (Lipinski definition) is 6. The molecule has 6 nitrogen and oxygen atoms in total. The van der Waals surface area contributed by atoms with Crippen LogP contribution in [0.25, 0.3) is 10.9 Å². The molecule has 140 valence electrons.